The van der Waals surface area contributed by atoms with Crippen LogP contribution in [0.2, 0.25) is 0 Å². The number of benzene rings is 1. The minimum Gasteiger partial charge on any atom is -0.550 e. The van der Waals surface area contributed by atoms with Crippen molar-refractivity contribution in [3.05, 3.63) is 34.3 Å². The van der Waals surface area contributed by atoms with Crippen molar-refractivity contribution in [2.75, 3.05) is 0 Å². The highest BCUT2D eigenvalue weighted by molar-refractivity contribution is 9.10. The Hall–Kier alpha value is -1.56. The van der Waals surface area contributed by atoms with E-state index in [9.17, 15) is 14.7 Å². The number of amides is 1. The van der Waals surface area contributed by atoms with Crippen LogP contribution in [0.25, 0.3) is 0 Å². The van der Waals surface area contributed by atoms with Gasteiger partial charge in [-0.15, -0.1) is 0 Å². The number of aliphatic carboxylic acids is 1. The Balaban J connectivity index is 2.75. The van der Waals surface area contributed by atoms with Crippen molar-refractivity contribution in [3.8, 4) is 0 Å². The molecule has 116 valence electrons. The van der Waals surface area contributed by atoms with Gasteiger partial charge in [0.15, 0.2) is 0 Å². The Kier molecular flexibility index (Phi) is 6.20. The molecule has 0 heterocycles. The maximum absolute atomic E-state index is 11.8. The Morgan fingerprint density at radius 3 is 2.48 bits per heavy atom. The third-order valence-corrected chi connectivity index (χ3v) is 3.33. The van der Waals surface area contributed by atoms with Crippen LogP contribution in [0.5, 0.6) is 0 Å². The van der Waals surface area contributed by atoms with Crippen LogP contribution >= 0.6 is 15.9 Å². The first-order valence-corrected chi connectivity index (χ1v) is 7.39. The van der Waals surface area contributed by atoms with E-state index in [-0.39, 0.29) is 6.42 Å². The molecule has 1 atom stereocenters. The van der Waals surface area contributed by atoms with Crippen LogP contribution in [0.1, 0.15) is 32.8 Å². The third kappa shape index (κ3) is 7.13. The summed E-state index contributed by atoms with van der Waals surface area (Å²) in [5, 5.41) is 13.4. The van der Waals surface area contributed by atoms with Gasteiger partial charge in [-0.25, -0.2) is 4.79 Å². The molecular formula is C15H19BrNO4-. The number of carbonyl (C=O) groups is 2. The summed E-state index contributed by atoms with van der Waals surface area (Å²) in [5.41, 5.74) is 0.267. The van der Waals surface area contributed by atoms with Gasteiger partial charge in [-0.2, -0.15) is 0 Å². The van der Waals surface area contributed by atoms with E-state index in [1.165, 1.54) is 0 Å². The zero-order valence-corrected chi connectivity index (χ0v) is 13.9. The molecule has 6 heteroatoms. The van der Waals surface area contributed by atoms with E-state index in [1.54, 1.807) is 20.8 Å². The molecule has 0 radical (unpaired) electrons. The fourth-order valence-corrected chi connectivity index (χ4v) is 2.23. The second-order valence-corrected chi connectivity index (χ2v) is 6.57. The van der Waals surface area contributed by atoms with Gasteiger partial charge in [0.25, 0.3) is 0 Å². The van der Waals surface area contributed by atoms with Crippen molar-refractivity contribution < 1.29 is 19.4 Å². The quantitative estimate of drug-likeness (QED) is 0.875. The summed E-state index contributed by atoms with van der Waals surface area (Å²) in [7, 11) is 0. The maximum Gasteiger partial charge on any atom is 0.407 e. The second kappa shape index (κ2) is 7.45. The van der Waals surface area contributed by atoms with Gasteiger partial charge < -0.3 is 20.0 Å². The Bertz CT molecular complexity index is 511. The van der Waals surface area contributed by atoms with Gasteiger partial charge in [0.2, 0.25) is 0 Å². The van der Waals surface area contributed by atoms with E-state index in [0.717, 1.165) is 10.0 Å². The maximum atomic E-state index is 11.8. The molecule has 1 aromatic rings. The predicted molar refractivity (Wildman–Crippen MR) is 80.6 cm³/mol. The molecule has 1 N–H and O–H groups in total. The zero-order valence-electron chi connectivity index (χ0n) is 12.3. The number of hydrogen-bond donors (Lipinski definition) is 1. The molecule has 5 nitrogen and oxygen atoms in total. The zero-order chi connectivity index (χ0) is 16.0. The van der Waals surface area contributed by atoms with Crippen molar-refractivity contribution in [2.45, 2.75) is 45.3 Å². The lowest BCUT2D eigenvalue weighted by molar-refractivity contribution is -0.306. The summed E-state index contributed by atoms with van der Waals surface area (Å²) in [6, 6.07) is 6.84. The summed E-state index contributed by atoms with van der Waals surface area (Å²) >= 11 is 3.40. The second-order valence-electron chi connectivity index (χ2n) is 5.71. The van der Waals surface area contributed by atoms with Crippen LogP contribution in [-0.2, 0) is 16.0 Å². The van der Waals surface area contributed by atoms with Crippen LogP contribution < -0.4 is 10.4 Å². The molecule has 0 saturated carbocycles. The number of halogens is 1. The summed E-state index contributed by atoms with van der Waals surface area (Å²) in [6.45, 7) is 5.23. The van der Waals surface area contributed by atoms with Gasteiger partial charge in [0, 0.05) is 22.9 Å². The van der Waals surface area contributed by atoms with Gasteiger partial charge in [0.05, 0.1) is 0 Å². The smallest absolute Gasteiger partial charge is 0.407 e. The van der Waals surface area contributed by atoms with Gasteiger partial charge in [-0.05, 0) is 38.8 Å². The number of rotatable bonds is 5. The highest BCUT2D eigenvalue weighted by Crippen LogP contribution is 2.18. The van der Waals surface area contributed by atoms with Crippen molar-refractivity contribution in [1.29, 1.82) is 0 Å². The highest BCUT2D eigenvalue weighted by atomic mass is 79.9. The standard InChI is InChI=1S/C15H20BrNO4/c1-15(2,3)21-14(20)17-11(9-13(18)19)8-10-6-4-5-7-12(10)16/h4-7,11H,8-9H2,1-3H3,(H,17,20)(H,18,19)/p-1/t11-/m0/s1. The molecule has 0 unspecified atom stereocenters. The fourth-order valence-electron chi connectivity index (χ4n) is 1.78. The fraction of sp³-hybridized carbons (Fsp3) is 0.467. The molecule has 0 aliphatic heterocycles. The number of nitrogens with one attached hydrogen (secondary N) is 1. The van der Waals surface area contributed by atoms with Crippen molar-refractivity contribution in [1.82, 2.24) is 5.32 Å². The summed E-state index contributed by atoms with van der Waals surface area (Å²) < 4.78 is 6.00. The number of carbonyl (C=O) groups excluding carboxylic acids is 2. The first kappa shape index (κ1) is 17.5. The molecule has 21 heavy (non-hydrogen) atoms. The summed E-state index contributed by atoms with van der Waals surface area (Å²) in [4.78, 5) is 22.6. The normalized spacial score (nSPS) is 12.6. The average molecular weight is 357 g/mol. The van der Waals surface area contributed by atoms with Crippen LogP contribution in [0.4, 0.5) is 4.79 Å². The molecule has 0 spiro atoms. The number of ether oxygens (including phenoxy) is 1. The van der Waals surface area contributed by atoms with Crippen molar-refractivity contribution in [3.63, 3.8) is 0 Å². The van der Waals surface area contributed by atoms with Crippen LogP contribution in [-0.4, -0.2) is 23.7 Å². The number of carboxylic acid groups (broad SMARTS) is 1. The van der Waals surface area contributed by atoms with Crippen LogP contribution in [0.15, 0.2) is 28.7 Å². The summed E-state index contributed by atoms with van der Waals surface area (Å²) in [5.74, 6) is -1.22. The first-order valence-electron chi connectivity index (χ1n) is 6.60. The van der Waals surface area contributed by atoms with E-state index in [0.29, 0.717) is 6.42 Å². The predicted octanol–water partition coefficient (Wildman–Crippen LogP) is 2.02. The van der Waals surface area contributed by atoms with Crippen molar-refractivity contribution >= 4 is 28.0 Å². The van der Waals surface area contributed by atoms with Gasteiger partial charge >= 0.3 is 6.09 Å². The average Bonchev–Trinajstić information content (AvgIpc) is 2.28. The lowest BCUT2D eigenvalue weighted by Gasteiger charge is -2.24. The molecule has 0 fully saturated rings. The topological polar surface area (TPSA) is 78.5 Å². The first-order chi connectivity index (χ1) is 9.67. The Morgan fingerprint density at radius 1 is 1.33 bits per heavy atom. The number of hydrogen-bond acceptors (Lipinski definition) is 4. The lowest BCUT2D eigenvalue weighted by atomic mass is 10.0. The monoisotopic (exact) mass is 356 g/mol. The Labute approximate surface area is 132 Å². The molecule has 1 rings (SSSR count). The molecule has 0 saturated heterocycles. The minimum absolute atomic E-state index is 0.277. The lowest BCUT2D eigenvalue weighted by Crippen LogP contribution is -2.43. The molecule has 1 amide bonds. The van der Waals surface area contributed by atoms with Crippen LogP contribution in [0, 0.1) is 0 Å². The molecule has 0 aliphatic carbocycles. The van der Waals surface area contributed by atoms with E-state index < -0.39 is 23.7 Å². The van der Waals surface area contributed by atoms with Gasteiger partial charge in [-0.3, -0.25) is 0 Å². The van der Waals surface area contributed by atoms with Gasteiger partial charge in [0.1, 0.15) is 5.60 Å². The number of carboxylic acids is 1. The molecule has 0 aliphatic rings. The van der Waals surface area contributed by atoms with Crippen LogP contribution in [0.3, 0.4) is 0 Å². The minimum atomic E-state index is -1.22. The molecule has 0 bridgehead atoms. The number of alkyl carbamates (subject to hydrolysis) is 1. The van der Waals surface area contributed by atoms with Gasteiger partial charge in [-0.1, -0.05) is 34.1 Å². The van der Waals surface area contributed by atoms with E-state index >= 15 is 0 Å². The molecule has 0 aromatic heterocycles. The molecule has 1 aromatic carbocycles. The van der Waals surface area contributed by atoms with Crippen molar-refractivity contribution in [2.24, 2.45) is 0 Å². The highest BCUT2D eigenvalue weighted by Gasteiger charge is 2.20. The third-order valence-electron chi connectivity index (χ3n) is 2.56. The Morgan fingerprint density at radius 2 is 1.95 bits per heavy atom. The molecular weight excluding hydrogens is 338 g/mol. The van der Waals surface area contributed by atoms with E-state index in [4.69, 9.17) is 4.74 Å². The largest absolute Gasteiger partial charge is 0.550 e. The van der Waals surface area contributed by atoms with E-state index in [2.05, 4.69) is 21.2 Å². The van der Waals surface area contributed by atoms with E-state index in [1.807, 2.05) is 24.3 Å². The SMILES string of the molecule is CC(C)(C)OC(=O)N[C@H](CC(=O)[O-])Cc1ccccc1Br. The summed E-state index contributed by atoms with van der Waals surface area (Å²) in [6.07, 6.45) is -0.546.